The summed E-state index contributed by atoms with van der Waals surface area (Å²) >= 11 is 0. The van der Waals surface area contributed by atoms with Crippen molar-refractivity contribution in [1.82, 2.24) is 0 Å². The van der Waals surface area contributed by atoms with Crippen molar-refractivity contribution in [2.75, 3.05) is 4.90 Å². The van der Waals surface area contributed by atoms with Crippen LogP contribution in [0.25, 0.3) is 0 Å². The number of esters is 1. The van der Waals surface area contributed by atoms with Crippen LogP contribution in [0.4, 0.5) is 5.69 Å². The number of benzene rings is 2. The first kappa shape index (κ1) is 17.4. The standard InChI is InChI=1S/C20H16N2O4/c1-11-4-5-12(2)17(8-11)22-18(23)15-7-6-14(9-16(15)19(22)24)20(25)26-13(3)10-21/h4-9,13H,1-3H3/t13-/m1/s1. The number of imide groups is 1. The summed E-state index contributed by atoms with van der Waals surface area (Å²) in [7, 11) is 0. The number of fused-ring (bicyclic) bond motifs is 1. The van der Waals surface area contributed by atoms with Crippen LogP contribution in [0.3, 0.4) is 0 Å². The molecule has 2 aromatic rings. The van der Waals surface area contributed by atoms with Gasteiger partial charge in [0.15, 0.2) is 6.10 Å². The smallest absolute Gasteiger partial charge is 0.339 e. The monoisotopic (exact) mass is 348 g/mol. The van der Waals surface area contributed by atoms with E-state index in [1.807, 2.05) is 26.0 Å². The number of carbonyl (C=O) groups is 3. The number of ether oxygens (including phenoxy) is 1. The topological polar surface area (TPSA) is 87.5 Å². The highest BCUT2D eigenvalue weighted by Gasteiger charge is 2.38. The van der Waals surface area contributed by atoms with Crippen LogP contribution >= 0.6 is 0 Å². The molecule has 0 bridgehead atoms. The van der Waals surface area contributed by atoms with E-state index in [-0.39, 0.29) is 16.7 Å². The van der Waals surface area contributed by atoms with E-state index in [9.17, 15) is 14.4 Å². The molecule has 0 N–H and O–H groups in total. The Bertz CT molecular complexity index is 988. The van der Waals surface area contributed by atoms with Crippen molar-refractivity contribution >= 4 is 23.5 Å². The maximum Gasteiger partial charge on any atom is 0.339 e. The Morgan fingerprint density at radius 1 is 1.08 bits per heavy atom. The predicted molar refractivity (Wildman–Crippen MR) is 94.0 cm³/mol. The second kappa shape index (κ2) is 6.45. The number of nitriles is 1. The fourth-order valence-electron chi connectivity index (χ4n) is 2.80. The minimum absolute atomic E-state index is 0.120. The molecule has 0 spiro atoms. The average Bonchev–Trinajstić information content (AvgIpc) is 2.87. The Morgan fingerprint density at radius 3 is 2.46 bits per heavy atom. The lowest BCUT2D eigenvalue weighted by Crippen LogP contribution is -2.30. The van der Waals surface area contributed by atoms with Gasteiger partial charge in [-0.3, -0.25) is 9.59 Å². The zero-order valence-corrected chi connectivity index (χ0v) is 14.6. The van der Waals surface area contributed by atoms with E-state index >= 15 is 0 Å². The lowest BCUT2D eigenvalue weighted by atomic mass is 10.1. The van der Waals surface area contributed by atoms with Gasteiger partial charge < -0.3 is 4.74 Å². The molecule has 1 aliphatic rings. The molecular formula is C20H16N2O4. The predicted octanol–water partition coefficient (Wildman–Crippen LogP) is 3.17. The van der Waals surface area contributed by atoms with Gasteiger partial charge in [-0.2, -0.15) is 5.26 Å². The van der Waals surface area contributed by atoms with E-state index < -0.39 is 23.9 Å². The summed E-state index contributed by atoms with van der Waals surface area (Å²) in [4.78, 5) is 38.7. The number of hydrogen-bond donors (Lipinski definition) is 0. The number of aryl methyl sites for hydroxylation is 2. The second-order valence-corrected chi connectivity index (χ2v) is 6.17. The third kappa shape index (κ3) is 2.84. The number of rotatable bonds is 3. The number of hydrogen-bond acceptors (Lipinski definition) is 5. The molecule has 0 saturated carbocycles. The van der Waals surface area contributed by atoms with Gasteiger partial charge in [0.2, 0.25) is 0 Å². The Balaban J connectivity index is 2.00. The van der Waals surface area contributed by atoms with Gasteiger partial charge in [-0.15, -0.1) is 0 Å². The largest absolute Gasteiger partial charge is 0.444 e. The van der Waals surface area contributed by atoms with Crippen LogP contribution in [0.1, 0.15) is 49.1 Å². The number of carbonyl (C=O) groups excluding carboxylic acids is 3. The van der Waals surface area contributed by atoms with Crippen LogP contribution in [0.15, 0.2) is 36.4 Å². The number of amides is 2. The van der Waals surface area contributed by atoms with Gasteiger partial charge in [-0.1, -0.05) is 12.1 Å². The summed E-state index contributed by atoms with van der Waals surface area (Å²) in [6, 6.07) is 11.5. The second-order valence-electron chi connectivity index (χ2n) is 6.17. The zero-order valence-electron chi connectivity index (χ0n) is 14.6. The Hall–Kier alpha value is -3.46. The molecule has 1 atom stereocenters. The molecule has 6 heteroatoms. The fraction of sp³-hybridized carbons (Fsp3) is 0.200. The number of anilines is 1. The molecule has 6 nitrogen and oxygen atoms in total. The minimum atomic E-state index is -0.903. The highest BCUT2D eigenvalue weighted by atomic mass is 16.5. The summed E-state index contributed by atoms with van der Waals surface area (Å²) < 4.78 is 4.94. The molecule has 130 valence electrons. The van der Waals surface area contributed by atoms with Gasteiger partial charge in [0.25, 0.3) is 11.8 Å². The molecule has 2 amide bonds. The van der Waals surface area contributed by atoms with Gasteiger partial charge in [0.1, 0.15) is 6.07 Å². The first-order chi connectivity index (χ1) is 12.3. The van der Waals surface area contributed by atoms with Crippen LogP contribution in [-0.2, 0) is 4.74 Å². The van der Waals surface area contributed by atoms with Gasteiger partial charge in [-0.05, 0) is 56.2 Å². The van der Waals surface area contributed by atoms with Crippen molar-refractivity contribution in [3.8, 4) is 6.07 Å². The Labute approximate surface area is 150 Å². The summed E-state index contributed by atoms with van der Waals surface area (Å²) in [6.07, 6.45) is -0.903. The van der Waals surface area contributed by atoms with Crippen molar-refractivity contribution in [2.24, 2.45) is 0 Å². The molecule has 0 fully saturated rings. The zero-order chi connectivity index (χ0) is 19.0. The molecule has 26 heavy (non-hydrogen) atoms. The molecule has 0 aliphatic carbocycles. The lowest BCUT2D eigenvalue weighted by Gasteiger charge is -2.17. The average molecular weight is 348 g/mol. The van der Waals surface area contributed by atoms with E-state index in [1.54, 1.807) is 12.1 Å². The molecule has 3 rings (SSSR count). The molecule has 1 heterocycles. The Morgan fingerprint density at radius 2 is 1.77 bits per heavy atom. The molecular weight excluding hydrogens is 332 g/mol. The first-order valence-electron chi connectivity index (χ1n) is 8.04. The van der Waals surface area contributed by atoms with E-state index in [0.717, 1.165) is 16.0 Å². The van der Waals surface area contributed by atoms with Gasteiger partial charge in [-0.25, -0.2) is 9.69 Å². The van der Waals surface area contributed by atoms with Crippen molar-refractivity contribution < 1.29 is 19.1 Å². The lowest BCUT2D eigenvalue weighted by molar-refractivity contribution is 0.0435. The minimum Gasteiger partial charge on any atom is -0.444 e. The van der Waals surface area contributed by atoms with Gasteiger partial charge >= 0.3 is 5.97 Å². The third-order valence-electron chi connectivity index (χ3n) is 4.19. The summed E-state index contributed by atoms with van der Waals surface area (Å²) in [5.41, 5.74) is 2.76. The summed E-state index contributed by atoms with van der Waals surface area (Å²) in [5, 5.41) is 8.74. The third-order valence-corrected chi connectivity index (χ3v) is 4.19. The highest BCUT2D eigenvalue weighted by molar-refractivity contribution is 6.35. The van der Waals surface area contributed by atoms with Gasteiger partial charge in [0, 0.05) is 0 Å². The van der Waals surface area contributed by atoms with Crippen molar-refractivity contribution in [3.05, 3.63) is 64.2 Å². The van der Waals surface area contributed by atoms with Crippen LogP contribution in [-0.4, -0.2) is 23.9 Å². The van der Waals surface area contributed by atoms with Crippen LogP contribution in [0.5, 0.6) is 0 Å². The molecule has 0 saturated heterocycles. The first-order valence-corrected chi connectivity index (χ1v) is 8.04. The maximum absolute atomic E-state index is 12.8. The van der Waals surface area contributed by atoms with Crippen LogP contribution in [0.2, 0.25) is 0 Å². The normalized spacial score (nSPS) is 14.0. The van der Waals surface area contributed by atoms with Crippen molar-refractivity contribution in [2.45, 2.75) is 26.9 Å². The van der Waals surface area contributed by atoms with Gasteiger partial charge in [0.05, 0.1) is 22.4 Å². The van der Waals surface area contributed by atoms with E-state index in [0.29, 0.717) is 5.69 Å². The molecule has 0 unspecified atom stereocenters. The quantitative estimate of drug-likeness (QED) is 0.628. The van der Waals surface area contributed by atoms with E-state index in [4.69, 9.17) is 10.00 Å². The fourth-order valence-corrected chi connectivity index (χ4v) is 2.80. The van der Waals surface area contributed by atoms with E-state index in [1.165, 1.54) is 25.1 Å². The number of nitrogens with zero attached hydrogens (tertiary/aromatic N) is 2. The molecule has 0 aromatic heterocycles. The maximum atomic E-state index is 12.8. The van der Waals surface area contributed by atoms with Crippen molar-refractivity contribution in [3.63, 3.8) is 0 Å². The van der Waals surface area contributed by atoms with Crippen molar-refractivity contribution in [1.29, 1.82) is 5.26 Å². The highest BCUT2D eigenvalue weighted by Crippen LogP contribution is 2.31. The Kier molecular flexibility index (Phi) is 4.31. The molecule has 1 aliphatic heterocycles. The molecule has 2 aromatic carbocycles. The van der Waals surface area contributed by atoms with Crippen LogP contribution < -0.4 is 4.90 Å². The summed E-state index contributed by atoms with van der Waals surface area (Å²) in [5.74, 6) is -1.63. The van der Waals surface area contributed by atoms with E-state index in [2.05, 4.69) is 0 Å². The van der Waals surface area contributed by atoms with Crippen LogP contribution in [0, 0.1) is 25.2 Å². The molecule has 0 radical (unpaired) electrons. The summed E-state index contributed by atoms with van der Waals surface area (Å²) in [6.45, 7) is 5.15. The SMILES string of the molecule is Cc1ccc(C)c(N2C(=O)c3ccc(C(=O)O[C@H](C)C#N)cc3C2=O)c1.